The number of amides is 2. The smallest absolute Gasteiger partial charge is 0.243 e. The van der Waals surface area contributed by atoms with Crippen LogP contribution in [0.3, 0.4) is 0 Å². The molecule has 4 rings (SSSR count). The van der Waals surface area contributed by atoms with Gasteiger partial charge in [0.15, 0.2) is 0 Å². The molecule has 0 unspecified atom stereocenters. The standard InChI is InChI=1S/C31H28Cl2N2O2/c32-27-17-15-25(16-18-27)22-35(30(36)20-24-11-5-2-6-12-24)29(19-23-9-3-1-4-10-23)31(37)34-21-26-13-7-8-14-28(26)33/h1-18,29H,19-22H2,(H,34,37)/t29-/m1/s1. The minimum Gasteiger partial charge on any atom is -0.350 e. The number of benzene rings is 4. The molecule has 37 heavy (non-hydrogen) atoms. The molecule has 0 saturated carbocycles. The zero-order valence-electron chi connectivity index (χ0n) is 20.3. The van der Waals surface area contributed by atoms with Crippen molar-refractivity contribution in [3.63, 3.8) is 0 Å². The summed E-state index contributed by atoms with van der Waals surface area (Å²) >= 11 is 12.4. The van der Waals surface area contributed by atoms with Gasteiger partial charge in [0.1, 0.15) is 6.04 Å². The van der Waals surface area contributed by atoms with E-state index >= 15 is 0 Å². The number of hydrogen-bond donors (Lipinski definition) is 1. The van der Waals surface area contributed by atoms with Crippen molar-refractivity contribution in [1.29, 1.82) is 0 Å². The topological polar surface area (TPSA) is 49.4 Å². The Morgan fingerprint density at radius 3 is 1.95 bits per heavy atom. The lowest BCUT2D eigenvalue weighted by Crippen LogP contribution is -2.50. The van der Waals surface area contributed by atoms with Crippen LogP contribution in [0.1, 0.15) is 22.3 Å². The number of nitrogens with zero attached hydrogens (tertiary/aromatic N) is 1. The lowest BCUT2D eigenvalue weighted by Gasteiger charge is -2.32. The van der Waals surface area contributed by atoms with Crippen molar-refractivity contribution in [2.24, 2.45) is 0 Å². The molecule has 0 aliphatic heterocycles. The van der Waals surface area contributed by atoms with Gasteiger partial charge in [-0.1, -0.05) is 114 Å². The van der Waals surface area contributed by atoms with Gasteiger partial charge >= 0.3 is 0 Å². The van der Waals surface area contributed by atoms with Gasteiger partial charge < -0.3 is 10.2 Å². The van der Waals surface area contributed by atoms with Crippen LogP contribution in [0, 0.1) is 0 Å². The molecule has 0 saturated heterocycles. The van der Waals surface area contributed by atoms with Gasteiger partial charge in [-0.15, -0.1) is 0 Å². The van der Waals surface area contributed by atoms with E-state index in [1.165, 1.54) is 0 Å². The maximum atomic E-state index is 13.7. The van der Waals surface area contributed by atoms with E-state index in [0.717, 1.165) is 22.3 Å². The first kappa shape index (κ1) is 26.5. The molecule has 0 radical (unpaired) electrons. The number of carbonyl (C=O) groups excluding carboxylic acids is 2. The maximum Gasteiger partial charge on any atom is 0.243 e. The second-order valence-electron chi connectivity index (χ2n) is 8.83. The van der Waals surface area contributed by atoms with E-state index in [2.05, 4.69) is 5.32 Å². The van der Waals surface area contributed by atoms with Crippen molar-refractivity contribution in [3.8, 4) is 0 Å². The molecule has 4 aromatic carbocycles. The van der Waals surface area contributed by atoms with Crippen LogP contribution in [-0.2, 0) is 35.5 Å². The highest BCUT2D eigenvalue weighted by atomic mass is 35.5. The van der Waals surface area contributed by atoms with Crippen molar-refractivity contribution in [1.82, 2.24) is 10.2 Å². The summed E-state index contributed by atoms with van der Waals surface area (Å²) in [5.74, 6) is -0.367. The van der Waals surface area contributed by atoms with Gasteiger partial charge in [0.2, 0.25) is 11.8 Å². The van der Waals surface area contributed by atoms with Crippen molar-refractivity contribution in [3.05, 3.63) is 141 Å². The molecule has 1 N–H and O–H groups in total. The molecule has 0 fully saturated rings. The van der Waals surface area contributed by atoms with Gasteiger partial charge in [-0.2, -0.15) is 0 Å². The number of halogens is 2. The molecule has 0 aromatic heterocycles. The molecule has 0 bridgehead atoms. The molecule has 0 aliphatic rings. The highest BCUT2D eigenvalue weighted by Crippen LogP contribution is 2.19. The van der Waals surface area contributed by atoms with Crippen LogP contribution in [0.4, 0.5) is 0 Å². The summed E-state index contributed by atoms with van der Waals surface area (Å²) in [5, 5.41) is 4.21. The Bertz CT molecular complexity index is 1310. The minimum absolute atomic E-state index is 0.130. The first-order chi connectivity index (χ1) is 18.0. The summed E-state index contributed by atoms with van der Waals surface area (Å²) < 4.78 is 0. The van der Waals surface area contributed by atoms with Gasteiger partial charge in [0.25, 0.3) is 0 Å². The summed E-state index contributed by atoms with van der Waals surface area (Å²) in [6.07, 6.45) is 0.570. The van der Waals surface area contributed by atoms with Crippen molar-refractivity contribution in [2.75, 3.05) is 0 Å². The number of carbonyl (C=O) groups is 2. The monoisotopic (exact) mass is 530 g/mol. The Kier molecular flexibility index (Phi) is 9.36. The molecule has 0 aliphatic carbocycles. The van der Waals surface area contributed by atoms with Gasteiger partial charge in [0, 0.05) is 29.6 Å². The summed E-state index contributed by atoms with van der Waals surface area (Å²) in [7, 11) is 0. The van der Waals surface area contributed by atoms with Crippen LogP contribution in [0.25, 0.3) is 0 Å². The minimum atomic E-state index is -0.725. The van der Waals surface area contributed by atoms with E-state index in [4.69, 9.17) is 23.2 Å². The van der Waals surface area contributed by atoms with Gasteiger partial charge in [0.05, 0.1) is 6.42 Å². The summed E-state index contributed by atoms with van der Waals surface area (Å²) in [6, 6.07) is 33.3. The summed E-state index contributed by atoms with van der Waals surface area (Å²) in [5.41, 5.74) is 3.57. The van der Waals surface area contributed by atoms with Gasteiger partial charge in [-0.3, -0.25) is 9.59 Å². The number of rotatable bonds is 10. The van der Waals surface area contributed by atoms with Crippen LogP contribution < -0.4 is 5.32 Å². The largest absolute Gasteiger partial charge is 0.350 e. The van der Waals surface area contributed by atoms with E-state index in [0.29, 0.717) is 16.5 Å². The SMILES string of the molecule is O=C(NCc1ccccc1Cl)[C@@H](Cc1ccccc1)N(Cc1ccc(Cl)cc1)C(=O)Cc1ccccc1. The van der Waals surface area contributed by atoms with Crippen LogP contribution in [0.2, 0.25) is 10.0 Å². The average Bonchev–Trinajstić information content (AvgIpc) is 2.92. The number of nitrogens with one attached hydrogen (secondary N) is 1. The Morgan fingerprint density at radius 2 is 1.30 bits per heavy atom. The fourth-order valence-corrected chi connectivity index (χ4v) is 4.48. The first-order valence-corrected chi connectivity index (χ1v) is 12.9. The van der Waals surface area contributed by atoms with E-state index in [9.17, 15) is 9.59 Å². The molecule has 1 atom stereocenters. The van der Waals surface area contributed by atoms with Crippen LogP contribution in [0.5, 0.6) is 0 Å². The fourth-order valence-electron chi connectivity index (χ4n) is 4.15. The second-order valence-corrected chi connectivity index (χ2v) is 9.67. The molecule has 188 valence electrons. The highest BCUT2D eigenvalue weighted by Gasteiger charge is 2.30. The maximum absolute atomic E-state index is 13.7. The molecule has 0 heterocycles. The third-order valence-electron chi connectivity index (χ3n) is 6.15. The third kappa shape index (κ3) is 7.69. The van der Waals surface area contributed by atoms with Gasteiger partial charge in [-0.25, -0.2) is 0 Å². The molecule has 0 spiro atoms. The molecular weight excluding hydrogens is 503 g/mol. The van der Waals surface area contributed by atoms with Crippen LogP contribution >= 0.6 is 23.2 Å². The predicted molar refractivity (Wildman–Crippen MR) is 149 cm³/mol. The Morgan fingerprint density at radius 1 is 0.703 bits per heavy atom. The second kappa shape index (κ2) is 13.1. The summed E-state index contributed by atoms with van der Waals surface area (Å²) in [4.78, 5) is 29.1. The fraction of sp³-hybridized carbons (Fsp3) is 0.161. The van der Waals surface area contributed by atoms with E-state index in [-0.39, 0.29) is 31.3 Å². The van der Waals surface area contributed by atoms with Crippen LogP contribution in [-0.4, -0.2) is 22.8 Å². The Balaban J connectivity index is 1.64. The first-order valence-electron chi connectivity index (χ1n) is 12.1. The zero-order chi connectivity index (χ0) is 26.0. The van der Waals surface area contributed by atoms with E-state index < -0.39 is 6.04 Å². The Hall–Kier alpha value is -3.60. The lowest BCUT2D eigenvalue weighted by molar-refractivity contribution is -0.140. The molecular formula is C31H28Cl2N2O2. The predicted octanol–water partition coefficient (Wildman–Crippen LogP) is 6.49. The van der Waals surface area contributed by atoms with Crippen molar-refractivity contribution in [2.45, 2.75) is 32.0 Å². The quantitative estimate of drug-likeness (QED) is 0.254. The highest BCUT2D eigenvalue weighted by molar-refractivity contribution is 6.31. The zero-order valence-corrected chi connectivity index (χ0v) is 21.8. The molecule has 4 nitrogen and oxygen atoms in total. The normalized spacial score (nSPS) is 11.5. The molecule has 6 heteroatoms. The molecule has 4 aromatic rings. The van der Waals surface area contributed by atoms with Crippen molar-refractivity contribution < 1.29 is 9.59 Å². The average molecular weight is 531 g/mol. The summed E-state index contributed by atoms with van der Waals surface area (Å²) in [6.45, 7) is 0.547. The van der Waals surface area contributed by atoms with Crippen molar-refractivity contribution >= 4 is 35.0 Å². The van der Waals surface area contributed by atoms with Crippen LogP contribution in [0.15, 0.2) is 109 Å². The van der Waals surface area contributed by atoms with Gasteiger partial charge in [-0.05, 0) is 40.5 Å². The van der Waals surface area contributed by atoms with E-state index in [1.807, 2.05) is 91.0 Å². The molecule has 2 amide bonds. The third-order valence-corrected chi connectivity index (χ3v) is 6.77. The number of hydrogen-bond acceptors (Lipinski definition) is 2. The Labute approximate surface area is 227 Å². The lowest BCUT2D eigenvalue weighted by atomic mass is 10.0. The van der Waals surface area contributed by atoms with E-state index in [1.54, 1.807) is 23.1 Å².